The van der Waals surface area contributed by atoms with Crippen LogP contribution in [-0.2, 0) is 0 Å². The molecule has 0 fully saturated rings. The number of nitrogens with zero attached hydrogens (tertiary/aromatic N) is 2. The highest BCUT2D eigenvalue weighted by atomic mass is 19.4. The number of hydrogen-bond acceptors (Lipinski definition) is 5. The van der Waals surface area contributed by atoms with Gasteiger partial charge in [0.25, 0.3) is 0 Å². The zero-order chi connectivity index (χ0) is 18.7. The molecule has 5 nitrogen and oxygen atoms in total. The third kappa shape index (κ3) is 3.49. The van der Waals surface area contributed by atoms with Crippen LogP contribution >= 0.6 is 0 Å². The van der Waals surface area contributed by atoms with Crippen LogP contribution < -0.4 is 14.8 Å². The van der Waals surface area contributed by atoms with Crippen molar-refractivity contribution in [2.45, 2.75) is 12.2 Å². The van der Waals surface area contributed by atoms with Gasteiger partial charge in [-0.25, -0.2) is 9.97 Å². The van der Waals surface area contributed by atoms with Crippen molar-refractivity contribution in [2.24, 2.45) is 0 Å². The molecule has 0 aliphatic heterocycles. The van der Waals surface area contributed by atoms with Crippen LogP contribution in [0.4, 0.5) is 19.0 Å². The summed E-state index contributed by atoms with van der Waals surface area (Å²) in [5, 5.41) is 2.89. The predicted molar refractivity (Wildman–Crippen MR) is 91.5 cm³/mol. The molecule has 0 spiro atoms. The lowest BCUT2D eigenvalue weighted by atomic mass is 10.1. The minimum absolute atomic E-state index is 0.0575. The molecule has 0 amide bonds. The Balaban J connectivity index is 2.09. The normalized spacial score (nSPS) is 12.7. The molecule has 0 saturated heterocycles. The maximum absolute atomic E-state index is 13.6. The van der Waals surface area contributed by atoms with Gasteiger partial charge < -0.3 is 14.8 Å². The highest BCUT2D eigenvalue weighted by Gasteiger charge is 2.41. The van der Waals surface area contributed by atoms with Crippen molar-refractivity contribution >= 4 is 16.7 Å². The van der Waals surface area contributed by atoms with Crippen LogP contribution in [0.5, 0.6) is 11.5 Å². The topological polar surface area (TPSA) is 56.3 Å². The molecule has 1 unspecified atom stereocenters. The number of anilines is 1. The number of halogens is 3. The van der Waals surface area contributed by atoms with E-state index in [0.717, 1.165) is 0 Å². The number of hydrogen-bond donors (Lipinski definition) is 1. The van der Waals surface area contributed by atoms with Crippen LogP contribution in [0.2, 0.25) is 0 Å². The average molecular weight is 363 g/mol. The van der Waals surface area contributed by atoms with Gasteiger partial charge in [-0.1, -0.05) is 30.3 Å². The quantitative estimate of drug-likeness (QED) is 0.730. The second-order valence-electron chi connectivity index (χ2n) is 5.48. The first-order valence-electron chi connectivity index (χ1n) is 7.69. The van der Waals surface area contributed by atoms with Crippen LogP contribution in [0.1, 0.15) is 11.6 Å². The van der Waals surface area contributed by atoms with Gasteiger partial charge in [0.15, 0.2) is 11.5 Å². The van der Waals surface area contributed by atoms with Gasteiger partial charge in [-0.15, -0.1) is 0 Å². The Kier molecular flexibility index (Phi) is 4.83. The third-order valence-corrected chi connectivity index (χ3v) is 3.88. The van der Waals surface area contributed by atoms with Gasteiger partial charge in [0, 0.05) is 11.5 Å². The Morgan fingerprint density at radius 3 is 2.23 bits per heavy atom. The lowest BCUT2D eigenvalue weighted by Crippen LogP contribution is -2.28. The van der Waals surface area contributed by atoms with Gasteiger partial charge in [0.2, 0.25) is 0 Å². The highest BCUT2D eigenvalue weighted by Crippen LogP contribution is 2.38. The summed E-state index contributed by atoms with van der Waals surface area (Å²) in [6, 6.07) is 8.84. The van der Waals surface area contributed by atoms with Gasteiger partial charge >= 0.3 is 6.18 Å². The molecule has 1 heterocycles. The molecule has 0 aliphatic carbocycles. The maximum Gasteiger partial charge on any atom is 0.412 e. The summed E-state index contributed by atoms with van der Waals surface area (Å²) < 4.78 is 51.2. The zero-order valence-electron chi connectivity index (χ0n) is 14.0. The van der Waals surface area contributed by atoms with Crippen molar-refractivity contribution in [3.8, 4) is 11.5 Å². The SMILES string of the molecule is COc1cc2ncnc(NC(c3ccccc3)C(F)(F)F)c2cc1OC. The highest BCUT2D eigenvalue weighted by molar-refractivity contribution is 5.91. The van der Waals surface area contributed by atoms with Crippen LogP contribution in [0, 0.1) is 0 Å². The van der Waals surface area contributed by atoms with E-state index in [2.05, 4.69) is 15.3 Å². The number of nitrogens with one attached hydrogen (secondary N) is 1. The van der Waals surface area contributed by atoms with E-state index in [1.54, 1.807) is 30.3 Å². The molecule has 1 aromatic heterocycles. The first kappa shape index (κ1) is 17.8. The minimum Gasteiger partial charge on any atom is -0.493 e. The molecule has 26 heavy (non-hydrogen) atoms. The Morgan fingerprint density at radius 1 is 0.962 bits per heavy atom. The fourth-order valence-corrected chi connectivity index (χ4v) is 2.63. The number of benzene rings is 2. The van der Waals surface area contributed by atoms with Crippen molar-refractivity contribution < 1.29 is 22.6 Å². The summed E-state index contributed by atoms with van der Waals surface area (Å²) in [6.45, 7) is 0. The molecule has 3 aromatic rings. The predicted octanol–water partition coefficient (Wildman–Crippen LogP) is 4.36. The van der Waals surface area contributed by atoms with Gasteiger partial charge in [-0.3, -0.25) is 0 Å². The standard InChI is InChI=1S/C18H16F3N3O2/c1-25-14-8-12-13(9-15(14)26-2)22-10-23-17(12)24-16(18(19,20)21)11-6-4-3-5-7-11/h3-10,16H,1-2H3,(H,22,23,24). The zero-order valence-corrected chi connectivity index (χ0v) is 14.0. The fraction of sp³-hybridized carbons (Fsp3) is 0.222. The van der Waals surface area contributed by atoms with E-state index in [-0.39, 0.29) is 11.4 Å². The minimum atomic E-state index is -4.50. The van der Waals surface area contributed by atoms with Crippen LogP contribution in [0.15, 0.2) is 48.8 Å². The maximum atomic E-state index is 13.6. The molecule has 0 saturated carbocycles. The summed E-state index contributed by atoms with van der Waals surface area (Å²) in [4.78, 5) is 8.10. The van der Waals surface area contributed by atoms with Gasteiger partial charge in [0.05, 0.1) is 19.7 Å². The average Bonchev–Trinajstić information content (AvgIpc) is 2.64. The van der Waals surface area contributed by atoms with Crippen LogP contribution in [0.25, 0.3) is 10.9 Å². The molecule has 136 valence electrons. The molecular formula is C18H16F3N3O2. The molecule has 3 rings (SSSR count). The lowest BCUT2D eigenvalue weighted by Gasteiger charge is -2.23. The van der Waals surface area contributed by atoms with Gasteiger partial charge in [-0.05, 0) is 11.6 Å². The first-order valence-corrected chi connectivity index (χ1v) is 7.69. The Labute approximate surface area is 147 Å². The second-order valence-corrected chi connectivity index (χ2v) is 5.48. The van der Waals surface area contributed by atoms with E-state index < -0.39 is 12.2 Å². The molecule has 1 N–H and O–H groups in total. The smallest absolute Gasteiger partial charge is 0.412 e. The first-order chi connectivity index (χ1) is 12.4. The number of rotatable bonds is 5. The van der Waals surface area contributed by atoms with Gasteiger partial charge in [-0.2, -0.15) is 13.2 Å². The molecule has 0 bridgehead atoms. The Hall–Kier alpha value is -3.03. The Bertz CT molecular complexity index is 901. The van der Waals surface area contributed by atoms with Crippen LogP contribution in [0.3, 0.4) is 0 Å². The fourth-order valence-electron chi connectivity index (χ4n) is 2.63. The molecule has 8 heteroatoms. The summed E-state index contributed by atoms with van der Waals surface area (Å²) in [5.74, 6) is 0.864. The van der Waals surface area contributed by atoms with E-state index in [4.69, 9.17) is 9.47 Å². The van der Waals surface area contributed by atoms with Crippen molar-refractivity contribution in [3.05, 3.63) is 54.4 Å². The molecule has 0 aliphatic rings. The van der Waals surface area contributed by atoms with E-state index in [9.17, 15) is 13.2 Å². The van der Waals surface area contributed by atoms with Crippen molar-refractivity contribution in [1.29, 1.82) is 0 Å². The summed E-state index contributed by atoms with van der Waals surface area (Å²) in [5.41, 5.74) is 0.529. The van der Waals surface area contributed by atoms with Crippen molar-refractivity contribution in [2.75, 3.05) is 19.5 Å². The summed E-state index contributed by atoms with van der Waals surface area (Å²) in [6.07, 6.45) is -3.30. The van der Waals surface area contributed by atoms with Crippen molar-refractivity contribution in [1.82, 2.24) is 9.97 Å². The summed E-state index contributed by atoms with van der Waals surface area (Å²) >= 11 is 0. The molecular weight excluding hydrogens is 347 g/mol. The number of ether oxygens (including phenoxy) is 2. The lowest BCUT2D eigenvalue weighted by molar-refractivity contribution is -0.144. The van der Waals surface area contributed by atoms with Crippen molar-refractivity contribution in [3.63, 3.8) is 0 Å². The monoisotopic (exact) mass is 363 g/mol. The second kappa shape index (κ2) is 7.07. The molecule has 0 radical (unpaired) electrons. The van der Waals surface area contributed by atoms with E-state index in [1.807, 2.05) is 0 Å². The third-order valence-electron chi connectivity index (χ3n) is 3.88. The Morgan fingerprint density at radius 2 is 1.62 bits per heavy atom. The number of aromatic nitrogens is 2. The van der Waals surface area contributed by atoms with E-state index in [1.165, 1.54) is 32.7 Å². The molecule has 1 atom stereocenters. The van der Waals surface area contributed by atoms with Gasteiger partial charge in [0.1, 0.15) is 18.2 Å². The molecule has 2 aromatic carbocycles. The van der Waals surface area contributed by atoms with E-state index >= 15 is 0 Å². The number of methoxy groups -OCH3 is 2. The number of alkyl halides is 3. The summed E-state index contributed by atoms with van der Waals surface area (Å²) in [7, 11) is 2.92. The number of fused-ring (bicyclic) bond motifs is 1. The van der Waals surface area contributed by atoms with Crippen LogP contribution in [-0.4, -0.2) is 30.4 Å². The largest absolute Gasteiger partial charge is 0.493 e. The van der Waals surface area contributed by atoms with E-state index in [0.29, 0.717) is 22.4 Å².